The minimum Gasteiger partial charge on any atom is -0.467 e. The molecular formula is C38H40Cl2N4O4. The van der Waals surface area contributed by atoms with Gasteiger partial charge in [0.25, 0.3) is 5.91 Å². The third-order valence-corrected chi connectivity index (χ3v) is 9.93. The van der Waals surface area contributed by atoms with E-state index in [0.29, 0.717) is 47.7 Å². The van der Waals surface area contributed by atoms with Crippen LogP contribution in [-0.4, -0.2) is 70.9 Å². The number of likely N-dealkylation sites (tertiary alicyclic amines) is 1. The van der Waals surface area contributed by atoms with Crippen molar-refractivity contribution < 1.29 is 18.7 Å². The van der Waals surface area contributed by atoms with Crippen molar-refractivity contribution in [2.75, 3.05) is 39.8 Å². The fourth-order valence-electron chi connectivity index (χ4n) is 6.50. The summed E-state index contributed by atoms with van der Waals surface area (Å²) >= 11 is 12.7. The highest BCUT2D eigenvalue weighted by Gasteiger charge is 2.30. The van der Waals surface area contributed by atoms with Gasteiger partial charge < -0.3 is 23.5 Å². The number of carbonyl (C=O) groups excluding carboxylic acids is 2. The number of rotatable bonds is 14. The molecule has 0 N–H and O–H groups in total. The molecule has 3 heterocycles. The number of piperidine rings is 1. The van der Waals surface area contributed by atoms with Crippen LogP contribution < -0.4 is 0 Å². The van der Waals surface area contributed by atoms with Crippen molar-refractivity contribution in [3.63, 3.8) is 0 Å². The van der Waals surface area contributed by atoms with Gasteiger partial charge >= 0.3 is 0 Å². The normalized spacial score (nSPS) is 14.7. The zero-order valence-electron chi connectivity index (χ0n) is 27.1. The van der Waals surface area contributed by atoms with Crippen LogP contribution in [0.5, 0.6) is 0 Å². The van der Waals surface area contributed by atoms with Crippen LogP contribution in [-0.2, 0) is 17.9 Å². The van der Waals surface area contributed by atoms with Crippen molar-refractivity contribution in [3.8, 4) is 0 Å². The van der Waals surface area contributed by atoms with E-state index in [0.717, 1.165) is 61.3 Å². The van der Waals surface area contributed by atoms with Crippen LogP contribution in [0.4, 0.5) is 0 Å². The number of hydrogen-bond acceptors (Lipinski definition) is 6. The van der Waals surface area contributed by atoms with Crippen LogP contribution in [0.25, 0.3) is 11.0 Å². The largest absolute Gasteiger partial charge is 0.467 e. The van der Waals surface area contributed by atoms with Crippen LogP contribution in [0, 0.1) is 5.92 Å². The first-order valence-electron chi connectivity index (χ1n) is 16.4. The molecule has 1 aliphatic rings. The minimum atomic E-state index is -0.0960. The highest BCUT2D eigenvalue weighted by atomic mass is 35.5. The molecule has 0 spiro atoms. The molecule has 1 aliphatic heterocycles. The van der Waals surface area contributed by atoms with Crippen LogP contribution >= 0.6 is 23.2 Å². The van der Waals surface area contributed by atoms with Crippen LogP contribution in [0.15, 0.2) is 95.6 Å². The summed E-state index contributed by atoms with van der Waals surface area (Å²) in [4.78, 5) is 36.1. The summed E-state index contributed by atoms with van der Waals surface area (Å²) in [6.07, 6.45) is 3.99. The second-order valence-electron chi connectivity index (χ2n) is 12.4. The van der Waals surface area contributed by atoms with Crippen molar-refractivity contribution in [1.29, 1.82) is 0 Å². The van der Waals surface area contributed by atoms with Gasteiger partial charge in [0.05, 0.1) is 33.9 Å². The average molecular weight is 688 g/mol. The minimum absolute atomic E-state index is 0.0184. The van der Waals surface area contributed by atoms with Crippen LogP contribution in [0.3, 0.4) is 0 Å². The number of furan rings is 1. The van der Waals surface area contributed by atoms with Crippen molar-refractivity contribution >= 4 is 45.9 Å². The Labute approximate surface area is 291 Å². The number of para-hydroxylation sites is 2. The molecule has 1 saturated heterocycles. The Morgan fingerprint density at radius 2 is 1.73 bits per heavy atom. The molecule has 8 nitrogen and oxygen atoms in total. The summed E-state index contributed by atoms with van der Waals surface area (Å²) < 4.78 is 13.2. The lowest BCUT2D eigenvalue weighted by molar-refractivity contribution is 0.0778. The average Bonchev–Trinajstić information content (AvgIpc) is 3.78. The number of nitrogens with zero attached hydrogens (tertiary/aromatic N) is 4. The summed E-state index contributed by atoms with van der Waals surface area (Å²) in [7, 11) is 1.84. The van der Waals surface area contributed by atoms with Crippen LogP contribution in [0.2, 0.25) is 10.0 Å². The van der Waals surface area contributed by atoms with E-state index >= 15 is 0 Å². The zero-order valence-corrected chi connectivity index (χ0v) is 28.6. The molecule has 0 bridgehead atoms. The standard InChI is InChI=1S/C38H40Cl2N4O4/c1-42(38(46)28-8-3-2-4-9-28)25-30(29-13-14-32(39)33(40)24-29)17-20-43-18-15-27(16-19-43)36(45)37-41-34-11-5-6-12-35(34)44(37)21-23-47-26-31-10-7-22-48-31/h2-14,22,24,27,30H,15-21,23,25-26H2,1H3. The lowest BCUT2D eigenvalue weighted by Crippen LogP contribution is -2.38. The van der Waals surface area contributed by atoms with Gasteiger partial charge in [0.2, 0.25) is 5.78 Å². The first-order valence-corrected chi connectivity index (χ1v) is 17.2. The van der Waals surface area contributed by atoms with E-state index < -0.39 is 0 Å². The molecule has 5 aromatic rings. The maximum atomic E-state index is 13.9. The number of halogens is 2. The van der Waals surface area contributed by atoms with Crippen molar-refractivity contribution in [1.82, 2.24) is 19.4 Å². The smallest absolute Gasteiger partial charge is 0.253 e. The Balaban J connectivity index is 1.08. The van der Waals surface area contributed by atoms with Gasteiger partial charge in [0, 0.05) is 37.5 Å². The molecule has 48 heavy (non-hydrogen) atoms. The van der Waals surface area contributed by atoms with E-state index in [1.54, 1.807) is 11.2 Å². The molecule has 0 saturated carbocycles. The number of imidazole rings is 1. The molecule has 10 heteroatoms. The fourth-order valence-corrected chi connectivity index (χ4v) is 6.80. The summed E-state index contributed by atoms with van der Waals surface area (Å²) in [6, 6.07) is 26.6. The van der Waals surface area contributed by atoms with Gasteiger partial charge in [0.15, 0.2) is 5.82 Å². The monoisotopic (exact) mass is 686 g/mol. The molecule has 0 radical (unpaired) electrons. The summed E-state index contributed by atoms with van der Waals surface area (Å²) in [6.45, 7) is 4.36. The van der Waals surface area contributed by atoms with E-state index in [4.69, 9.17) is 37.3 Å². The molecule has 1 atom stereocenters. The van der Waals surface area contributed by atoms with Crippen molar-refractivity contribution in [2.24, 2.45) is 5.92 Å². The Kier molecular flexibility index (Phi) is 11.3. The number of benzene rings is 3. The van der Waals surface area contributed by atoms with E-state index in [1.165, 1.54) is 0 Å². The number of ether oxygens (including phenoxy) is 1. The van der Waals surface area contributed by atoms with Gasteiger partial charge in [-0.05, 0) is 93.0 Å². The summed E-state index contributed by atoms with van der Waals surface area (Å²) in [5.41, 5.74) is 3.46. The van der Waals surface area contributed by atoms with E-state index in [9.17, 15) is 9.59 Å². The Hall–Kier alpha value is -3.95. The Morgan fingerprint density at radius 3 is 2.48 bits per heavy atom. The van der Waals surface area contributed by atoms with Gasteiger partial charge in [-0.3, -0.25) is 9.59 Å². The molecule has 3 aromatic carbocycles. The van der Waals surface area contributed by atoms with Crippen LogP contribution in [0.1, 0.15) is 57.5 Å². The number of Topliss-reactive ketones (excluding diaryl/α,β-unsaturated/α-hetero) is 1. The van der Waals surface area contributed by atoms with Gasteiger partial charge in [-0.2, -0.15) is 0 Å². The zero-order chi connectivity index (χ0) is 33.5. The highest BCUT2D eigenvalue weighted by molar-refractivity contribution is 6.42. The number of aromatic nitrogens is 2. The van der Waals surface area contributed by atoms with Crippen molar-refractivity contribution in [2.45, 2.75) is 38.3 Å². The quantitative estimate of drug-likeness (QED) is 0.0870. The fraction of sp³-hybridized carbons (Fsp3) is 0.342. The molecule has 2 aromatic heterocycles. The highest BCUT2D eigenvalue weighted by Crippen LogP contribution is 2.30. The topological polar surface area (TPSA) is 80.8 Å². The summed E-state index contributed by atoms with van der Waals surface area (Å²) in [5.74, 6) is 1.31. The molecule has 1 unspecified atom stereocenters. The SMILES string of the molecule is CN(CC(CCN1CCC(C(=O)c2nc3ccccc3n2CCOCc2ccco2)CC1)c1ccc(Cl)c(Cl)c1)C(=O)c1ccccc1. The maximum absolute atomic E-state index is 13.9. The molecular weight excluding hydrogens is 647 g/mol. The first kappa shape index (κ1) is 33.9. The number of carbonyl (C=O) groups is 2. The predicted molar refractivity (Wildman–Crippen MR) is 189 cm³/mol. The van der Waals surface area contributed by atoms with Crippen molar-refractivity contribution in [3.05, 3.63) is 124 Å². The first-order chi connectivity index (χ1) is 23.4. The number of likely N-dealkylation sites (N-methyl/N-ethyl adjacent to an activating group) is 1. The number of ketones is 1. The van der Waals surface area contributed by atoms with E-state index in [1.807, 2.05) is 96.5 Å². The predicted octanol–water partition coefficient (Wildman–Crippen LogP) is 7.99. The summed E-state index contributed by atoms with van der Waals surface area (Å²) in [5, 5.41) is 1.01. The van der Waals surface area contributed by atoms with E-state index in [2.05, 4.69) is 4.90 Å². The molecule has 250 valence electrons. The second kappa shape index (κ2) is 16.0. The van der Waals surface area contributed by atoms with Gasteiger partial charge in [0.1, 0.15) is 12.4 Å². The molecule has 0 aliphatic carbocycles. The second-order valence-corrected chi connectivity index (χ2v) is 13.2. The Bertz CT molecular complexity index is 1820. The number of amides is 1. The van der Waals surface area contributed by atoms with Gasteiger partial charge in [-0.1, -0.05) is 59.6 Å². The lowest BCUT2D eigenvalue weighted by Gasteiger charge is -2.33. The Morgan fingerprint density at radius 1 is 0.958 bits per heavy atom. The van der Waals surface area contributed by atoms with E-state index in [-0.39, 0.29) is 23.5 Å². The molecule has 6 rings (SSSR count). The third-order valence-electron chi connectivity index (χ3n) is 9.19. The number of hydrogen-bond donors (Lipinski definition) is 0. The molecule has 1 amide bonds. The lowest BCUT2D eigenvalue weighted by atomic mass is 9.90. The molecule has 1 fully saturated rings. The van der Waals surface area contributed by atoms with Gasteiger partial charge in [-0.15, -0.1) is 0 Å². The third kappa shape index (κ3) is 8.18. The number of fused-ring (bicyclic) bond motifs is 1. The van der Waals surface area contributed by atoms with Gasteiger partial charge in [-0.25, -0.2) is 4.98 Å². The maximum Gasteiger partial charge on any atom is 0.253 e.